The van der Waals surface area contributed by atoms with Crippen LogP contribution in [0.4, 0.5) is 19.2 Å². The largest absolute Gasteiger partial charge is 0.478 e. The minimum Gasteiger partial charge on any atom is -0.478 e. The molecule has 4 heterocycles. The average molecular weight is 1680 g/mol. The number of carbonyl (C=O) groups is 12. The average Bonchev–Trinajstić information content (AvgIpc) is 0.826. The lowest BCUT2D eigenvalue weighted by molar-refractivity contribution is 0.0135. The third kappa shape index (κ3) is 25.6. The van der Waals surface area contributed by atoms with Gasteiger partial charge in [0.15, 0.2) is 0 Å². The minimum absolute atomic E-state index is 0.0391. The normalized spacial score (nSPS) is 14.9. The molecule has 0 aliphatic carbocycles. The first-order valence-corrected chi connectivity index (χ1v) is 35.5. The number of methoxy groups -OCH3 is 2. The first-order valence-electron chi connectivity index (χ1n) is 32.3. The van der Waals surface area contributed by atoms with E-state index in [9.17, 15) is 67.7 Å². The highest BCUT2D eigenvalue weighted by molar-refractivity contribution is 9.11. The van der Waals surface area contributed by atoms with Crippen LogP contribution in [0.1, 0.15) is 166 Å². The molecule has 8 rings (SSSR count). The maximum absolute atomic E-state index is 12.9. The van der Waals surface area contributed by atoms with Crippen LogP contribution in [0.2, 0.25) is 0 Å². The standard InChI is InChI=1S/2C18H23BrN2O5.2C17H21BrN2O5/c1-18(2,3)26-17(24)21-9-7-20(8-10-21)15(22)14-11-12(19)5-6-13(14)16(23)25-4;1-18(2,3)26-17(24)21-9-7-20(8-10-21)15(22)13-6-5-12(19)11-14(13)16(23)25-4;1-17(2,3)25-16(24)20-8-6-19(7-9-20)14(21)13-10-11(18)4-5-12(13)15(22)23;1-17(2,3)25-16(24)20-8-6-19(7-9-20)14(21)12-5-4-11(18)10-13(12)15(22)23/h2*5-6,11H,7-10H2,1-4H3;2*4-5,10H,6-9H2,1-3H3,(H,22,23). The van der Waals surface area contributed by atoms with Gasteiger partial charge in [0.05, 0.1) is 58.7 Å². The van der Waals surface area contributed by atoms with Crippen molar-refractivity contribution < 1.29 is 96.2 Å². The molecule has 0 unspecified atom stereocenters. The first-order chi connectivity index (χ1) is 47.4. The summed E-state index contributed by atoms with van der Waals surface area (Å²) in [4.78, 5) is 159. The second-order valence-electron chi connectivity index (χ2n) is 27.4. The molecule has 28 nitrogen and oxygen atoms in total. The van der Waals surface area contributed by atoms with Crippen molar-refractivity contribution in [3.05, 3.63) is 135 Å². The van der Waals surface area contributed by atoms with E-state index in [2.05, 4.69) is 63.7 Å². The molecule has 0 saturated carbocycles. The van der Waals surface area contributed by atoms with Crippen molar-refractivity contribution in [2.45, 2.75) is 105 Å². The van der Waals surface area contributed by atoms with Crippen LogP contribution < -0.4 is 0 Å². The van der Waals surface area contributed by atoms with Gasteiger partial charge in [0.25, 0.3) is 23.6 Å². The van der Waals surface area contributed by atoms with E-state index in [1.54, 1.807) is 129 Å². The van der Waals surface area contributed by atoms with E-state index in [0.29, 0.717) is 123 Å². The Bertz CT molecular complexity index is 3760. The Balaban J connectivity index is 0.000000245. The van der Waals surface area contributed by atoms with Gasteiger partial charge in [-0.05, 0) is 156 Å². The van der Waals surface area contributed by atoms with Gasteiger partial charge in [-0.3, -0.25) is 19.2 Å². The topological polar surface area (TPSA) is 327 Å². The smallest absolute Gasteiger partial charge is 0.410 e. The Morgan fingerprint density at radius 3 is 0.735 bits per heavy atom. The minimum atomic E-state index is -1.16. The highest BCUT2D eigenvalue weighted by atomic mass is 79.9. The van der Waals surface area contributed by atoms with Gasteiger partial charge in [-0.15, -0.1) is 0 Å². The molecule has 4 aliphatic rings. The molecule has 0 spiro atoms. The van der Waals surface area contributed by atoms with E-state index in [1.165, 1.54) is 38.5 Å². The number of halogens is 4. The van der Waals surface area contributed by atoms with E-state index in [-0.39, 0.29) is 80.3 Å². The number of nitrogens with zero attached hydrogens (tertiary/aromatic N) is 8. The summed E-state index contributed by atoms with van der Waals surface area (Å²) in [7, 11) is 2.55. The maximum atomic E-state index is 12.9. The molecule has 0 bridgehead atoms. The number of benzene rings is 4. The number of carboxylic acids is 2. The van der Waals surface area contributed by atoms with Gasteiger partial charge in [-0.25, -0.2) is 38.4 Å². The van der Waals surface area contributed by atoms with Gasteiger partial charge in [0.1, 0.15) is 22.4 Å². The van der Waals surface area contributed by atoms with E-state index < -0.39 is 58.5 Å². The SMILES string of the molecule is CC(C)(C)OC(=O)N1CCN(C(=O)c2cc(Br)ccc2C(=O)O)CC1.CC(C)(C)OC(=O)N1CCN(C(=O)c2ccc(Br)cc2C(=O)O)CC1.COC(=O)c1cc(Br)ccc1C(=O)N1CCN(C(=O)OC(C)(C)C)CC1.COC(=O)c1ccc(Br)cc1C(=O)N1CCN(C(=O)OC(C)(C)C)CC1. The number of esters is 2. The molecule has 4 aromatic carbocycles. The van der Waals surface area contributed by atoms with Crippen LogP contribution in [0.3, 0.4) is 0 Å². The fourth-order valence-corrected chi connectivity index (χ4v) is 11.5. The predicted molar refractivity (Wildman–Crippen MR) is 388 cm³/mol. The predicted octanol–water partition coefficient (Wildman–Crippen LogP) is 11.5. The van der Waals surface area contributed by atoms with Crippen molar-refractivity contribution in [3.8, 4) is 0 Å². The third-order valence-electron chi connectivity index (χ3n) is 15.0. The van der Waals surface area contributed by atoms with Crippen molar-refractivity contribution in [2.24, 2.45) is 0 Å². The Hall–Kier alpha value is -8.36. The fourth-order valence-electron chi connectivity index (χ4n) is 10.1. The summed E-state index contributed by atoms with van der Waals surface area (Å²) in [6.07, 6.45) is -1.59. The number of piperazine rings is 4. The lowest BCUT2D eigenvalue weighted by Gasteiger charge is -2.35. The summed E-state index contributed by atoms with van der Waals surface area (Å²) in [6, 6.07) is 18.7. The van der Waals surface area contributed by atoms with Crippen LogP contribution in [-0.4, -0.2) is 263 Å². The Morgan fingerprint density at radius 1 is 0.284 bits per heavy atom. The highest BCUT2D eigenvalue weighted by Gasteiger charge is 2.35. The molecule has 556 valence electrons. The Labute approximate surface area is 626 Å². The van der Waals surface area contributed by atoms with E-state index in [0.717, 1.165) is 0 Å². The zero-order valence-electron chi connectivity index (χ0n) is 59.6. The highest BCUT2D eigenvalue weighted by Crippen LogP contribution is 2.26. The van der Waals surface area contributed by atoms with Crippen LogP contribution in [0.25, 0.3) is 0 Å². The number of carboxylic acid groups (broad SMARTS) is 2. The quantitative estimate of drug-likeness (QED) is 0.122. The zero-order chi connectivity index (χ0) is 76.5. The molecule has 4 aromatic rings. The van der Waals surface area contributed by atoms with Gasteiger partial charge in [0, 0.05) is 123 Å². The second-order valence-corrected chi connectivity index (χ2v) is 31.1. The Morgan fingerprint density at radius 2 is 0.480 bits per heavy atom. The molecular weight excluding hydrogens is 1590 g/mol. The van der Waals surface area contributed by atoms with Gasteiger partial charge in [0.2, 0.25) is 0 Å². The molecule has 32 heteroatoms. The van der Waals surface area contributed by atoms with Crippen LogP contribution >= 0.6 is 63.7 Å². The molecule has 0 aromatic heterocycles. The number of rotatable bonds is 8. The summed E-state index contributed by atoms with van der Waals surface area (Å²) in [5, 5.41) is 18.6. The third-order valence-corrected chi connectivity index (χ3v) is 17.0. The van der Waals surface area contributed by atoms with Crippen molar-refractivity contribution >= 4 is 136 Å². The molecule has 4 saturated heterocycles. The first kappa shape index (κ1) is 84.3. The number of aromatic carboxylic acids is 2. The lowest BCUT2D eigenvalue weighted by atomic mass is 10.1. The number of hydrogen-bond acceptors (Lipinski definition) is 18. The molecule has 2 N–H and O–H groups in total. The molecule has 0 atom stereocenters. The number of hydrogen-bond donors (Lipinski definition) is 2. The number of carbonyl (C=O) groups excluding carboxylic acids is 10. The molecule has 0 radical (unpaired) electrons. The van der Waals surface area contributed by atoms with Crippen molar-refractivity contribution in [1.82, 2.24) is 39.2 Å². The van der Waals surface area contributed by atoms with Gasteiger partial charge in [-0.1, -0.05) is 63.7 Å². The Kier molecular flexibility index (Phi) is 30.3. The van der Waals surface area contributed by atoms with Gasteiger partial charge in [-0.2, -0.15) is 0 Å². The number of ether oxygens (including phenoxy) is 6. The summed E-state index contributed by atoms with van der Waals surface area (Å²) in [6.45, 7) is 27.3. The van der Waals surface area contributed by atoms with E-state index in [4.69, 9.17) is 28.4 Å². The zero-order valence-corrected chi connectivity index (χ0v) is 65.9. The molecular formula is C70H88Br4N8O20. The van der Waals surface area contributed by atoms with Crippen molar-refractivity contribution in [1.29, 1.82) is 0 Å². The van der Waals surface area contributed by atoms with Crippen LogP contribution in [0, 0.1) is 0 Å². The maximum Gasteiger partial charge on any atom is 0.410 e. The van der Waals surface area contributed by atoms with Crippen LogP contribution in [0.15, 0.2) is 90.7 Å². The van der Waals surface area contributed by atoms with Crippen molar-refractivity contribution in [2.75, 3.05) is 119 Å². The monoisotopic (exact) mass is 1680 g/mol. The van der Waals surface area contributed by atoms with E-state index in [1.807, 2.05) is 41.5 Å². The summed E-state index contributed by atoms with van der Waals surface area (Å²) >= 11 is 13.1. The van der Waals surface area contributed by atoms with Gasteiger partial charge < -0.3 is 77.8 Å². The number of amides is 8. The fraction of sp³-hybridized carbons (Fsp3) is 0.486. The van der Waals surface area contributed by atoms with Crippen LogP contribution in [-0.2, 0) is 28.4 Å². The summed E-state index contributed by atoms with van der Waals surface area (Å²) in [5.41, 5.74) is -1.09. The summed E-state index contributed by atoms with van der Waals surface area (Å²) in [5.74, 6) is -4.68. The van der Waals surface area contributed by atoms with Gasteiger partial charge >= 0.3 is 48.3 Å². The lowest BCUT2D eigenvalue weighted by Crippen LogP contribution is -2.51. The second kappa shape index (κ2) is 36.7. The summed E-state index contributed by atoms with van der Waals surface area (Å²) < 4.78 is 33.5. The molecule has 8 amide bonds. The van der Waals surface area contributed by atoms with Crippen LogP contribution in [0.5, 0.6) is 0 Å². The van der Waals surface area contributed by atoms with E-state index >= 15 is 0 Å². The molecule has 4 aliphatic heterocycles. The molecule has 102 heavy (non-hydrogen) atoms. The van der Waals surface area contributed by atoms with Crippen molar-refractivity contribution in [3.63, 3.8) is 0 Å². The molecule has 4 fully saturated rings.